The third-order valence-electron chi connectivity index (χ3n) is 3.85. The van der Waals surface area contributed by atoms with E-state index in [1.54, 1.807) is 6.92 Å². The van der Waals surface area contributed by atoms with Crippen molar-refractivity contribution in [2.24, 2.45) is 5.41 Å². The van der Waals surface area contributed by atoms with Crippen molar-refractivity contribution in [3.05, 3.63) is 29.8 Å². The van der Waals surface area contributed by atoms with Gasteiger partial charge in [0.2, 0.25) is 10.0 Å². The molecule has 2 rings (SSSR count). The second-order valence-electron chi connectivity index (χ2n) is 5.53. The molecule has 114 valence electrons. The van der Waals surface area contributed by atoms with Gasteiger partial charge in [-0.15, -0.1) is 0 Å². The normalized spacial score (nSPS) is 23.1. The summed E-state index contributed by atoms with van der Waals surface area (Å²) in [6, 6.07) is 5.67. The van der Waals surface area contributed by atoms with Gasteiger partial charge < -0.3 is 5.11 Å². The molecule has 1 fully saturated rings. The number of carbonyl (C=O) groups is 2. The van der Waals surface area contributed by atoms with Crippen molar-refractivity contribution >= 4 is 21.8 Å². The summed E-state index contributed by atoms with van der Waals surface area (Å²) in [6.07, 6.45) is 0.285. The lowest BCUT2D eigenvalue weighted by Crippen LogP contribution is -2.34. The highest BCUT2D eigenvalue weighted by Crippen LogP contribution is 2.33. The molecule has 1 N–H and O–H groups in total. The topological polar surface area (TPSA) is 91.8 Å². The van der Waals surface area contributed by atoms with E-state index in [1.807, 2.05) is 0 Å². The van der Waals surface area contributed by atoms with E-state index in [-0.39, 0.29) is 30.2 Å². The van der Waals surface area contributed by atoms with Crippen LogP contribution in [0, 0.1) is 5.41 Å². The monoisotopic (exact) mass is 311 g/mol. The van der Waals surface area contributed by atoms with Crippen LogP contribution >= 0.6 is 0 Å². The van der Waals surface area contributed by atoms with Gasteiger partial charge in [0, 0.05) is 18.7 Å². The van der Waals surface area contributed by atoms with Crippen molar-refractivity contribution in [2.75, 3.05) is 13.1 Å². The van der Waals surface area contributed by atoms with Gasteiger partial charge in [0.15, 0.2) is 5.78 Å². The Morgan fingerprint density at radius 2 is 1.81 bits per heavy atom. The van der Waals surface area contributed by atoms with E-state index in [2.05, 4.69) is 0 Å². The van der Waals surface area contributed by atoms with E-state index in [0.29, 0.717) is 5.56 Å². The summed E-state index contributed by atoms with van der Waals surface area (Å²) >= 11 is 0. The predicted octanol–water partition coefficient (Wildman–Crippen LogP) is 1.37. The Hall–Kier alpha value is -1.73. The Kier molecular flexibility index (Phi) is 3.90. The summed E-state index contributed by atoms with van der Waals surface area (Å²) in [7, 11) is -3.73. The molecule has 1 heterocycles. The first-order chi connectivity index (χ1) is 9.67. The van der Waals surface area contributed by atoms with Gasteiger partial charge in [-0.1, -0.05) is 12.1 Å². The van der Waals surface area contributed by atoms with Crippen LogP contribution in [-0.2, 0) is 14.8 Å². The standard InChI is InChI=1S/C14H17NO5S/c1-10(16)11-3-5-12(6-4-11)21(19,20)15-8-7-14(2,9-15)13(17)18/h3-6H,7-9H2,1-2H3,(H,17,18). The molecule has 1 saturated heterocycles. The van der Waals surface area contributed by atoms with Crippen LogP contribution in [0.5, 0.6) is 0 Å². The number of Topliss-reactive ketones (excluding diaryl/α,β-unsaturated/α-hetero) is 1. The average Bonchev–Trinajstić information content (AvgIpc) is 2.84. The zero-order valence-corrected chi connectivity index (χ0v) is 12.7. The second kappa shape index (κ2) is 5.23. The van der Waals surface area contributed by atoms with Gasteiger partial charge in [-0.25, -0.2) is 8.42 Å². The van der Waals surface area contributed by atoms with Crippen LogP contribution in [0.25, 0.3) is 0 Å². The molecule has 1 aromatic carbocycles. The molecule has 0 aliphatic carbocycles. The van der Waals surface area contributed by atoms with Gasteiger partial charge in [-0.3, -0.25) is 9.59 Å². The first-order valence-electron chi connectivity index (χ1n) is 6.51. The Morgan fingerprint density at radius 3 is 2.24 bits per heavy atom. The van der Waals surface area contributed by atoms with Crippen molar-refractivity contribution in [1.29, 1.82) is 0 Å². The van der Waals surface area contributed by atoms with Crippen molar-refractivity contribution in [1.82, 2.24) is 4.31 Å². The average molecular weight is 311 g/mol. The fraction of sp³-hybridized carbons (Fsp3) is 0.429. The third kappa shape index (κ3) is 2.84. The maximum Gasteiger partial charge on any atom is 0.310 e. The molecule has 21 heavy (non-hydrogen) atoms. The molecule has 1 unspecified atom stereocenters. The molecule has 1 aliphatic rings. The Bertz CT molecular complexity index is 680. The SMILES string of the molecule is CC(=O)c1ccc(S(=O)(=O)N2CCC(C)(C(=O)O)C2)cc1. The summed E-state index contributed by atoms with van der Waals surface area (Å²) in [5.74, 6) is -1.13. The molecular formula is C14H17NO5S. The fourth-order valence-electron chi connectivity index (χ4n) is 2.31. The summed E-state index contributed by atoms with van der Waals surface area (Å²) < 4.78 is 26.1. The number of hydrogen-bond donors (Lipinski definition) is 1. The van der Waals surface area contributed by atoms with E-state index in [1.165, 1.54) is 35.5 Å². The summed E-state index contributed by atoms with van der Waals surface area (Å²) in [4.78, 5) is 22.5. The molecule has 7 heteroatoms. The summed E-state index contributed by atoms with van der Waals surface area (Å²) in [6.45, 7) is 3.09. The zero-order chi connectivity index (χ0) is 15.8. The number of carbonyl (C=O) groups excluding carboxylic acids is 1. The van der Waals surface area contributed by atoms with Gasteiger partial charge in [-0.05, 0) is 32.4 Å². The number of carboxylic acid groups (broad SMARTS) is 1. The quantitative estimate of drug-likeness (QED) is 0.848. The van der Waals surface area contributed by atoms with Gasteiger partial charge >= 0.3 is 5.97 Å². The van der Waals surface area contributed by atoms with Crippen LogP contribution in [-0.4, -0.2) is 42.7 Å². The predicted molar refractivity (Wildman–Crippen MR) is 75.6 cm³/mol. The van der Waals surface area contributed by atoms with Gasteiger partial charge in [0.25, 0.3) is 0 Å². The highest BCUT2D eigenvalue weighted by atomic mass is 32.2. The lowest BCUT2D eigenvalue weighted by Gasteiger charge is -2.20. The smallest absolute Gasteiger partial charge is 0.310 e. The van der Waals surface area contributed by atoms with Crippen molar-refractivity contribution in [3.63, 3.8) is 0 Å². The Balaban J connectivity index is 2.27. The van der Waals surface area contributed by atoms with Crippen LogP contribution in [0.15, 0.2) is 29.2 Å². The number of carboxylic acids is 1. The maximum atomic E-state index is 12.5. The third-order valence-corrected chi connectivity index (χ3v) is 5.71. The van der Waals surface area contributed by atoms with Crippen molar-refractivity contribution in [2.45, 2.75) is 25.2 Å². The highest BCUT2D eigenvalue weighted by Gasteiger charge is 2.44. The van der Waals surface area contributed by atoms with E-state index < -0.39 is 21.4 Å². The lowest BCUT2D eigenvalue weighted by molar-refractivity contribution is -0.146. The number of sulfonamides is 1. The number of hydrogen-bond acceptors (Lipinski definition) is 4. The van der Waals surface area contributed by atoms with E-state index >= 15 is 0 Å². The molecule has 0 saturated carbocycles. The first-order valence-corrected chi connectivity index (χ1v) is 7.95. The molecule has 1 atom stereocenters. The lowest BCUT2D eigenvalue weighted by atomic mass is 9.90. The minimum atomic E-state index is -3.73. The van der Waals surface area contributed by atoms with Crippen LogP contribution < -0.4 is 0 Å². The van der Waals surface area contributed by atoms with E-state index in [4.69, 9.17) is 5.11 Å². The molecule has 1 aliphatic heterocycles. The molecule has 0 amide bonds. The summed E-state index contributed by atoms with van der Waals surface area (Å²) in [5, 5.41) is 9.17. The Labute approximate surface area is 123 Å². The van der Waals surface area contributed by atoms with Gasteiger partial charge in [-0.2, -0.15) is 4.31 Å². The van der Waals surface area contributed by atoms with Crippen LogP contribution in [0.2, 0.25) is 0 Å². The minimum absolute atomic E-state index is 0.0425. The van der Waals surface area contributed by atoms with Crippen molar-refractivity contribution in [3.8, 4) is 0 Å². The zero-order valence-electron chi connectivity index (χ0n) is 11.9. The maximum absolute atomic E-state index is 12.5. The molecular weight excluding hydrogens is 294 g/mol. The highest BCUT2D eigenvalue weighted by molar-refractivity contribution is 7.89. The molecule has 6 nitrogen and oxygen atoms in total. The fourth-order valence-corrected chi connectivity index (χ4v) is 3.87. The first kappa shape index (κ1) is 15.7. The largest absolute Gasteiger partial charge is 0.481 e. The van der Waals surface area contributed by atoms with Crippen LogP contribution in [0.1, 0.15) is 30.6 Å². The molecule has 0 aromatic heterocycles. The number of nitrogens with zero attached hydrogens (tertiary/aromatic N) is 1. The number of rotatable bonds is 4. The van der Waals surface area contributed by atoms with Crippen LogP contribution in [0.3, 0.4) is 0 Å². The molecule has 0 radical (unpaired) electrons. The van der Waals surface area contributed by atoms with E-state index in [0.717, 1.165) is 0 Å². The van der Waals surface area contributed by atoms with Crippen molar-refractivity contribution < 1.29 is 23.1 Å². The Morgan fingerprint density at radius 1 is 1.24 bits per heavy atom. The minimum Gasteiger partial charge on any atom is -0.481 e. The number of aliphatic carboxylic acids is 1. The van der Waals surface area contributed by atoms with E-state index in [9.17, 15) is 18.0 Å². The number of benzene rings is 1. The summed E-state index contributed by atoms with van der Waals surface area (Å²) in [5.41, 5.74) is -0.613. The molecule has 0 spiro atoms. The number of ketones is 1. The van der Waals surface area contributed by atoms with Gasteiger partial charge in [0.1, 0.15) is 0 Å². The second-order valence-corrected chi connectivity index (χ2v) is 7.47. The molecule has 0 bridgehead atoms. The van der Waals surface area contributed by atoms with Gasteiger partial charge in [0.05, 0.1) is 10.3 Å². The van der Waals surface area contributed by atoms with Crippen LogP contribution in [0.4, 0.5) is 0 Å². The molecule has 1 aromatic rings.